The molecule has 0 saturated carbocycles. The summed E-state index contributed by atoms with van der Waals surface area (Å²) in [7, 11) is 0. The van der Waals surface area contributed by atoms with Gasteiger partial charge in [-0.3, -0.25) is 14.4 Å². The average molecular weight is 424 g/mol. The number of hydrogen-bond donors (Lipinski definition) is 1. The van der Waals surface area contributed by atoms with Crippen LogP contribution in [-0.4, -0.2) is 61.2 Å². The molecule has 0 radical (unpaired) electrons. The third-order valence-corrected chi connectivity index (χ3v) is 4.71. The Morgan fingerprint density at radius 3 is 1.63 bits per heavy atom. The van der Waals surface area contributed by atoms with Crippen molar-refractivity contribution in [1.29, 1.82) is 0 Å². The van der Waals surface area contributed by atoms with Crippen LogP contribution in [0.4, 0.5) is 0 Å². The maximum absolute atomic E-state index is 13.0. The van der Waals surface area contributed by atoms with Gasteiger partial charge in [0.25, 0.3) is 0 Å². The SMILES string of the molecule is CCOC(=O)C1=C(O)[C@H](C(=O)OCC)[C@H]2C1=C(C(=O)OCC)C(=O)[C@@H]2C(=O)OCC. The van der Waals surface area contributed by atoms with Gasteiger partial charge in [-0.15, -0.1) is 0 Å². The van der Waals surface area contributed by atoms with Crippen molar-refractivity contribution in [3.8, 4) is 0 Å². The lowest BCUT2D eigenvalue weighted by Gasteiger charge is -2.21. The molecule has 10 heteroatoms. The predicted molar refractivity (Wildman–Crippen MR) is 98.7 cm³/mol. The predicted octanol–water partition coefficient (Wildman–Crippen LogP) is 0.792. The minimum absolute atomic E-state index is 0.0497. The quantitative estimate of drug-likeness (QED) is 0.257. The molecule has 0 saturated heterocycles. The molecule has 10 nitrogen and oxygen atoms in total. The van der Waals surface area contributed by atoms with Crippen LogP contribution in [0.5, 0.6) is 0 Å². The number of carbonyl (C=O) groups is 5. The zero-order valence-corrected chi connectivity index (χ0v) is 17.2. The van der Waals surface area contributed by atoms with Crippen molar-refractivity contribution in [2.24, 2.45) is 17.8 Å². The fourth-order valence-corrected chi connectivity index (χ4v) is 3.71. The van der Waals surface area contributed by atoms with Crippen molar-refractivity contribution in [1.82, 2.24) is 0 Å². The van der Waals surface area contributed by atoms with Crippen molar-refractivity contribution in [3.63, 3.8) is 0 Å². The highest BCUT2D eigenvalue weighted by Gasteiger charge is 2.61. The Labute approximate surface area is 172 Å². The minimum Gasteiger partial charge on any atom is -0.510 e. The van der Waals surface area contributed by atoms with Crippen molar-refractivity contribution < 1.29 is 48.0 Å². The molecule has 0 aromatic rings. The number of Topliss-reactive ketones (excluding diaryl/α,β-unsaturated/α-hetero) is 1. The highest BCUT2D eigenvalue weighted by Crippen LogP contribution is 2.52. The highest BCUT2D eigenvalue weighted by molar-refractivity contribution is 6.27. The maximum atomic E-state index is 13.0. The zero-order chi connectivity index (χ0) is 22.6. The summed E-state index contributed by atoms with van der Waals surface area (Å²) >= 11 is 0. The van der Waals surface area contributed by atoms with Gasteiger partial charge >= 0.3 is 23.9 Å². The molecule has 0 spiro atoms. The first-order valence-corrected chi connectivity index (χ1v) is 9.65. The molecule has 3 atom stereocenters. The number of ether oxygens (including phenoxy) is 4. The van der Waals surface area contributed by atoms with E-state index < -0.39 is 64.3 Å². The number of hydrogen-bond acceptors (Lipinski definition) is 10. The standard InChI is InChI=1S/C20H24O10/c1-5-27-17(23)11-9-10(13(15(11)21)19(25)29-7-3)14(20(26)30-8-4)16(22)12(9)18(24)28-6-2/h9,11-12,21H,5-8H2,1-4H3/t9-,11-,12-/m1/s1. The Morgan fingerprint density at radius 2 is 1.17 bits per heavy atom. The third-order valence-electron chi connectivity index (χ3n) is 4.71. The fraction of sp³-hybridized carbons (Fsp3) is 0.550. The van der Waals surface area contributed by atoms with Crippen LogP contribution in [0.15, 0.2) is 22.5 Å². The van der Waals surface area contributed by atoms with E-state index in [0.717, 1.165) is 0 Å². The summed E-state index contributed by atoms with van der Waals surface area (Å²) in [4.78, 5) is 63.3. The summed E-state index contributed by atoms with van der Waals surface area (Å²) in [5, 5.41) is 10.7. The van der Waals surface area contributed by atoms with Crippen LogP contribution in [0, 0.1) is 17.8 Å². The van der Waals surface area contributed by atoms with Gasteiger partial charge in [0.05, 0.1) is 26.4 Å². The smallest absolute Gasteiger partial charge is 0.342 e. The lowest BCUT2D eigenvalue weighted by molar-refractivity contribution is -0.155. The van der Waals surface area contributed by atoms with E-state index in [1.807, 2.05) is 0 Å². The van der Waals surface area contributed by atoms with E-state index >= 15 is 0 Å². The summed E-state index contributed by atoms with van der Waals surface area (Å²) in [5.41, 5.74) is -1.35. The second kappa shape index (κ2) is 9.55. The molecule has 0 aliphatic heterocycles. The van der Waals surface area contributed by atoms with Gasteiger partial charge in [-0.2, -0.15) is 0 Å². The van der Waals surface area contributed by atoms with E-state index in [-0.39, 0.29) is 32.0 Å². The molecule has 30 heavy (non-hydrogen) atoms. The molecule has 0 amide bonds. The zero-order valence-electron chi connectivity index (χ0n) is 17.2. The molecular weight excluding hydrogens is 400 g/mol. The molecule has 0 heterocycles. The van der Waals surface area contributed by atoms with Gasteiger partial charge in [0.15, 0.2) is 5.78 Å². The summed E-state index contributed by atoms with van der Waals surface area (Å²) in [6.07, 6.45) is 0. The van der Waals surface area contributed by atoms with Gasteiger partial charge in [-0.1, -0.05) is 0 Å². The van der Waals surface area contributed by atoms with E-state index in [1.165, 1.54) is 27.7 Å². The van der Waals surface area contributed by atoms with Crippen molar-refractivity contribution in [2.75, 3.05) is 26.4 Å². The van der Waals surface area contributed by atoms with Crippen LogP contribution in [0.1, 0.15) is 27.7 Å². The fourth-order valence-electron chi connectivity index (χ4n) is 3.71. The molecule has 2 aliphatic carbocycles. The Balaban J connectivity index is 2.76. The normalized spacial score (nSPS) is 22.7. The first-order chi connectivity index (χ1) is 14.3. The van der Waals surface area contributed by atoms with E-state index in [1.54, 1.807) is 0 Å². The first kappa shape index (κ1) is 23.1. The average Bonchev–Trinajstić information content (AvgIpc) is 3.11. The largest absolute Gasteiger partial charge is 0.510 e. The number of ketones is 1. The summed E-state index contributed by atoms with van der Waals surface area (Å²) < 4.78 is 19.8. The minimum atomic E-state index is -1.62. The molecule has 0 unspecified atom stereocenters. The molecule has 0 aromatic heterocycles. The maximum Gasteiger partial charge on any atom is 0.342 e. The molecule has 0 fully saturated rings. The Hall–Kier alpha value is -3.17. The van der Waals surface area contributed by atoms with Gasteiger partial charge in [0.2, 0.25) is 0 Å². The lowest BCUT2D eigenvalue weighted by Crippen LogP contribution is -2.36. The molecular formula is C20H24O10. The highest BCUT2D eigenvalue weighted by atomic mass is 16.5. The monoisotopic (exact) mass is 424 g/mol. The van der Waals surface area contributed by atoms with Crippen LogP contribution < -0.4 is 0 Å². The lowest BCUT2D eigenvalue weighted by atomic mass is 9.83. The van der Waals surface area contributed by atoms with Gasteiger partial charge in [-0.05, 0) is 33.3 Å². The van der Waals surface area contributed by atoms with E-state index in [0.29, 0.717) is 0 Å². The van der Waals surface area contributed by atoms with Gasteiger partial charge < -0.3 is 24.1 Å². The Morgan fingerprint density at radius 1 is 0.733 bits per heavy atom. The Bertz CT molecular complexity index is 835. The number of rotatable bonds is 8. The number of esters is 4. The van der Waals surface area contributed by atoms with Crippen molar-refractivity contribution in [2.45, 2.75) is 27.7 Å². The van der Waals surface area contributed by atoms with Gasteiger partial charge in [0.1, 0.15) is 28.7 Å². The van der Waals surface area contributed by atoms with Crippen LogP contribution >= 0.6 is 0 Å². The first-order valence-electron chi connectivity index (χ1n) is 9.65. The molecule has 2 rings (SSSR count). The second-order valence-electron chi connectivity index (χ2n) is 6.34. The second-order valence-corrected chi connectivity index (χ2v) is 6.34. The van der Waals surface area contributed by atoms with Gasteiger partial charge in [-0.25, -0.2) is 9.59 Å². The van der Waals surface area contributed by atoms with Crippen molar-refractivity contribution in [3.05, 3.63) is 22.5 Å². The molecule has 1 N–H and O–H groups in total. The molecule has 2 aliphatic rings. The molecule has 164 valence electrons. The Kier molecular flexibility index (Phi) is 7.36. The summed E-state index contributed by atoms with van der Waals surface area (Å²) in [5.74, 6) is -10.3. The molecule has 0 bridgehead atoms. The van der Waals surface area contributed by atoms with E-state index in [4.69, 9.17) is 18.9 Å². The van der Waals surface area contributed by atoms with Crippen LogP contribution in [-0.2, 0) is 42.9 Å². The molecule has 0 aromatic carbocycles. The van der Waals surface area contributed by atoms with E-state index in [2.05, 4.69) is 0 Å². The van der Waals surface area contributed by atoms with E-state index in [9.17, 15) is 29.1 Å². The number of aliphatic hydroxyl groups is 1. The van der Waals surface area contributed by atoms with Crippen LogP contribution in [0.3, 0.4) is 0 Å². The summed E-state index contributed by atoms with van der Waals surface area (Å²) in [6, 6.07) is 0. The summed E-state index contributed by atoms with van der Waals surface area (Å²) in [6.45, 7) is 5.83. The van der Waals surface area contributed by atoms with Crippen molar-refractivity contribution >= 4 is 29.7 Å². The number of carbonyl (C=O) groups excluding carboxylic acids is 5. The van der Waals surface area contributed by atoms with Gasteiger partial charge in [0, 0.05) is 5.92 Å². The topological polar surface area (TPSA) is 142 Å². The number of fused-ring (bicyclic) bond motifs is 1. The van der Waals surface area contributed by atoms with Crippen LogP contribution in [0.25, 0.3) is 0 Å². The van der Waals surface area contributed by atoms with Crippen LogP contribution in [0.2, 0.25) is 0 Å². The number of aliphatic hydroxyl groups excluding tert-OH is 1. The third kappa shape index (κ3) is 3.81.